The number of aliphatic carboxylic acids is 3. The van der Waals surface area contributed by atoms with E-state index in [9.17, 15) is 59.1 Å². The highest BCUT2D eigenvalue weighted by atomic mass is 16.5. The minimum Gasteiger partial charge on any atom is -0.494 e. The van der Waals surface area contributed by atoms with Gasteiger partial charge in [0.15, 0.2) is 0 Å². The maximum absolute atomic E-state index is 14.1. The highest BCUT2D eigenvalue weighted by Crippen LogP contribution is 2.19. The Balaban J connectivity index is 1.67. The lowest BCUT2D eigenvalue weighted by Gasteiger charge is -2.24. The Morgan fingerprint density at radius 3 is 1.81 bits per heavy atom. The molecule has 0 fully saturated rings. The van der Waals surface area contributed by atoms with Crippen molar-refractivity contribution in [2.75, 3.05) is 59.3 Å². The average Bonchev–Trinajstić information content (AvgIpc) is 3.35. The second-order valence-electron chi connectivity index (χ2n) is 16.2. The van der Waals surface area contributed by atoms with Crippen molar-refractivity contribution in [3.8, 4) is 17.9 Å². The van der Waals surface area contributed by atoms with Gasteiger partial charge in [-0.3, -0.25) is 24.0 Å². The monoisotopic (exact) mass is 1000 g/mol. The average molecular weight is 1000 g/mol. The fourth-order valence-electron chi connectivity index (χ4n) is 6.86. The molecule has 6 amide bonds. The van der Waals surface area contributed by atoms with Gasteiger partial charge in [0.25, 0.3) is 0 Å². The quantitative estimate of drug-likeness (QED) is 0.0380. The predicted molar refractivity (Wildman–Crippen MR) is 256 cm³/mol. The topological polar surface area (TPSA) is 354 Å². The van der Waals surface area contributed by atoms with Crippen molar-refractivity contribution in [1.82, 2.24) is 31.9 Å². The van der Waals surface area contributed by atoms with Crippen molar-refractivity contribution in [2.45, 2.75) is 88.9 Å². The molecule has 0 aliphatic heterocycles. The highest BCUT2D eigenvalue weighted by molar-refractivity contribution is 5.92. The molecule has 3 rings (SSSR count). The zero-order valence-corrected chi connectivity index (χ0v) is 39.9. The standard InChI is InChI=1S/C49H62N8O15/c1-32(58)52-17-20-70-22-24-71-23-21-69-19-15-43(59)54-39(10-6-18-72-38-27-34(30-50)25-35(28-38)31-51)46(63)55-42(29-33-11-12-36-7-2-3-8-37(36)26-33)45(62)53-16-5-4-9-40(47(64)65)56-49(68)57-41(48(66)67)13-14-44(60)61/h2-3,7-8,11-12,25-28,39-42H,4-6,9-10,13-24,29H2,1H3,(H,52,58)(H,53,62)(H,54,59)(H,55,63)(H,60,61)(H,64,65)(H,66,67)(H2,56,57,68)/t39-,40-,41-,42-/m0/s1. The largest absolute Gasteiger partial charge is 0.494 e. The van der Waals surface area contributed by atoms with Gasteiger partial charge in [0.2, 0.25) is 23.6 Å². The van der Waals surface area contributed by atoms with E-state index >= 15 is 0 Å². The van der Waals surface area contributed by atoms with Crippen LogP contribution in [0.15, 0.2) is 60.7 Å². The Morgan fingerprint density at radius 2 is 1.18 bits per heavy atom. The molecule has 23 nitrogen and oxygen atoms in total. The second-order valence-corrected chi connectivity index (χ2v) is 16.2. The van der Waals surface area contributed by atoms with Crippen molar-refractivity contribution < 1.29 is 72.6 Å². The summed E-state index contributed by atoms with van der Waals surface area (Å²) in [5, 5.41) is 63.7. The molecule has 3 aromatic carbocycles. The summed E-state index contributed by atoms with van der Waals surface area (Å²) >= 11 is 0. The second kappa shape index (κ2) is 32.9. The molecule has 0 unspecified atom stereocenters. The number of ether oxygens (including phenoxy) is 4. The number of urea groups is 1. The lowest BCUT2D eigenvalue weighted by atomic mass is 10.0. The zero-order valence-electron chi connectivity index (χ0n) is 39.9. The molecule has 0 saturated carbocycles. The van der Waals surface area contributed by atoms with Gasteiger partial charge in [0.05, 0.1) is 69.5 Å². The van der Waals surface area contributed by atoms with Crippen LogP contribution in [-0.4, -0.2) is 146 Å². The van der Waals surface area contributed by atoms with E-state index in [0.717, 1.165) is 10.8 Å². The minimum atomic E-state index is -1.57. The third kappa shape index (κ3) is 23.6. The molecular formula is C49H62N8O15. The number of rotatable bonds is 35. The Kier molecular flexibility index (Phi) is 26.7. The molecule has 3 aromatic rings. The number of nitrogens with zero attached hydrogens (tertiary/aromatic N) is 2. The lowest BCUT2D eigenvalue weighted by Crippen LogP contribution is -2.54. The van der Waals surface area contributed by atoms with Crippen LogP contribution in [0.25, 0.3) is 10.8 Å². The fraction of sp³-hybridized carbons (Fsp3) is 0.469. The summed E-state index contributed by atoms with van der Waals surface area (Å²) in [7, 11) is 0. The molecule has 0 saturated heterocycles. The number of benzene rings is 3. The van der Waals surface area contributed by atoms with Crippen LogP contribution in [0, 0.1) is 22.7 Å². The first-order valence-electron chi connectivity index (χ1n) is 23.2. The number of carbonyl (C=O) groups excluding carboxylic acids is 5. The van der Waals surface area contributed by atoms with Crippen molar-refractivity contribution in [3.63, 3.8) is 0 Å². The minimum absolute atomic E-state index is 0.000427. The maximum Gasteiger partial charge on any atom is 0.326 e. The van der Waals surface area contributed by atoms with Crippen LogP contribution in [0.3, 0.4) is 0 Å². The predicted octanol–water partition coefficient (Wildman–Crippen LogP) is 1.89. The molecule has 0 heterocycles. The van der Waals surface area contributed by atoms with E-state index in [1.165, 1.54) is 25.1 Å². The van der Waals surface area contributed by atoms with Gasteiger partial charge in [-0.1, -0.05) is 42.5 Å². The van der Waals surface area contributed by atoms with Crippen LogP contribution in [0.1, 0.15) is 75.0 Å². The smallest absolute Gasteiger partial charge is 0.326 e. The zero-order chi connectivity index (χ0) is 52.7. The fourth-order valence-corrected chi connectivity index (χ4v) is 6.86. The Morgan fingerprint density at radius 1 is 0.569 bits per heavy atom. The summed E-state index contributed by atoms with van der Waals surface area (Å²) in [4.78, 5) is 99.0. The van der Waals surface area contributed by atoms with E-state index in [0.29, 0.717) is 31.9 Å². The number of hydrogen-bond donors (Lipinski definition) is 9. The van der Waals surface area contributed by atoms with Gasteiger partial charge < -0.3 is 66.2 Å². The van der Waals surface area contributed by atoms with Crippen LogP contribution in [0.4, 0.5) is 4.79 Å². The summed E-state index contributed by atoms with van der Waals surface area (Å²) in [6, 6.07) is 15.0. The van der Waals surface area contributed by atoms with Crippen molar-refractivity contribution in [3.05, 3.63) is 77.4 Å². The molecule has 0 radical (unpaired) electrons. The van der Waals surface area contributed by atoms with E-state index in [-0.39, 0.29) is 101 Å². The SMILES string of the molecule is CC(=O)NCCOCCOCCOCCC(=O)N[C@@H](CCCOc1cc(C#N)cc(C#N)c1)C(=O)N[C@@H](Cc1ccc2ccccc2c1)C(=O)NCCCC[C@H](NC(=O)N[C@@H](CCC(=O)O)C(=O)O)C(=O)O. The maximum atomic E-state index is 14.1. The van der Waals surface area contributed by atoms with Gasteiger partial charge in [-0.2, -0.15) is 10.5 Å². The van der Waals surface area contributed by atoms with Crippen molar-refractivity contribution in [2.24, 2.45) is 0 Å². The lowest BCUT2D eigenvalue weighted by molar-refractivity contribution is -0.141. The van der Waals surface area contributed by atoms with Crippen molar-refractivity contribution in [1.29, 1.82) is 10.5 Å². The molecule has 0 bridgehead atoms. The van der Waals surface area contributed by atoms with E-state index in [2.05, 4.69) is 31.9 Å². The molecule has 0 aromatic heterocycles. The number of unbranched alkanes of at least 4 members (excludes halogenated alkanes) is 1. The highest BCUT2D eigenvalue weighted by Gasteiger charge is 2.28. The van der Waals surface area contributed by atoms with Crippen LogP contribution in [-0.2, 0) is 54.2 Å². The molecule has 9 N–H and O–H groups in total. The summed E-state index contributed by atoms with van der Waals surface area (Å²) < 4.78 is 22.2. The van der Waals surface area contributed by atoms with Crippen molar-refractivity contribution >= 4 is 58.3 Å². The number of fused-ring (bicyclic) bond motifs is 1. The van der Waals surface area contributed by atoms with Crippen LogP contribution in [0.5, 0.6) is 5.75 Å². The van der Waals surface area contributed by atoms with Crippen LogP contribution >= 0.6 is 0 Å². The number of carboxylic acid groups (broad SMARTS) is 3. The van der Waals surface area contributed by atoms with Gasteiger partial charge >= 0.3 is 23.9 Å². The molecule has 0 aliphatic carbocycles. The van der Waals surface area contributed by atoms with Gasteiger partial charge in [0.1, 0.15) is 29.9 Å². The van der Waals surface area contributed by atoms with E-state index in [4.69, 9.17) is 24.1 Å². The molecule has 72 heavy (non-hydrogen) atoms. The molecule has 4 atom stereocenters. The van der Waals surface area contributed by atoms with Gasteiger partial charge in [-0.25, -0.2) is 14.4 Å². The van der Waals surface area contributed by atoms with E-state index in [1.54, 1.807) is 0 Å². The summed E-state index contributed by atoms with van der Waals surface area (Å²) in [6.07, 6.45) is -0.529. The summed E-state index contributed by atoms with van der Waals surface area (Å²) in [5.74, 6) is -5.87. The Hall–Kier alpha value is -7.86. The van der Waals surface area contributed by atoms with E-state index < -0.39 is 78.7 Å². The summed E-state index contributed by atoms with van der Waals surface area (Å²) in [6.45, 7) is 3.19. The third-order valence-corrected chi connectivity index (χ3v) is 10.5. The Labute approximate surface area is 415 Å². The number of nitriles is 2. The molecule has 0 aliphatic rings. The number of amides is 6. The number of hydrogen-bond acceptors (Lipinski definition) is 14. The summed E-state index contributed by atoms with van der Waals surface area (Å²) in [5.41, 5.74) is 1.14. The van der Waals surface area contributed by atoms with Crippen LogP contribution < -0.4 is 36.6 Å². The Bertz CT molecular complexity index is 2350. The number of carbonyl (C=O) groups is 8. The molecule has 388 valence electrons. The van der Waals surface area contributed by atoms with Crippen LogP contribution in [0.2, 0.25) is 0 Å². The van der Waals surface area contributed by atoms with E-state index in [1.807, 2.05) is 54.6 Å². The first-order chi connectivity index (χ1) is 34.6. The van der Waals surface area contributed by atoms with Gasteiger partial charge in [-0.15, -0.1) is 0 Å². The third-order valence-electron chi connectivity index (χ3n) is 10.5. The molecule has 0 spiro atoms. The normalized spacial score (nSPS) is 12.4. The number of carboxylic acids is 3. The first kappa shape index (κ1) is 58.5. The molecule has 23 heteroatoms. The van der Waals surface area contributed by atoms with Gasteiger partial charge in [-0.05, 0) is 73.1 Å². The number of nitrogens with one attached hydrogen (secondary N) is 6. The molecular weight excluding hydrogens is 941 g/mol. The first-order valence-corrected chi connectivity index (χ1v) is 23.2. The van der Waals surface area contributed by atoms with Gasteiger partial charge in [0, 0.05) is 39.3 Å².